The predicted molar refractivity (Wildman–Crippen MR) is 117 cm³/mol. The Hall–Kier alpha value is -2.33. The molecule has 1 atom stereocenters. The third-order valence-electron chi connectivity index (χ3n) is 5.55. The van der Waals surface area contributed by atoms with Crippen molar-refractivity contribution in [2.24, 2.45) is 0 Å². The zero-order valence-corrected chi connectivity index (χ0v) is 17.7. The number of hydrogen-bond acceptors (Lipinski definition) is 2. The number of rotatable bonds is 8. The highest BCUT2D eigenvalue weighted by Crippen LogP contribution is 2.20. The maximum Gasteiger partial charge on any atom is 0.243 e. The summed E-state index contributed by atoms with van der Waals surface area (Å²) < 4.78 is 0. The van der Waals surface area contributed by atoms with Gasteiger partial charge in [0.1, 0.15) is 6.04 Å². The van der Waals surface area contributed by atoms with Crippen molar-refractivity contribution in [2.45, 2.75) is 64.1 Å². The maximum absolute atomic E-state index is 13.2. The van der Waals surface area contributed by atoms with Gasteiger partial charge in [0.05, 0.1) is 6.42 Å². The second-order valence-electron chi connectivity index (χ2n) is 7.72. The molecule has 0 aliphatic heterocycles. The van der Waals surface area contributed by atoms with Crippen molar-refractivity contribution in [1.29, 1.82) is 0 Å². The first kappa shape index (κ1) is 21.4. The van der Waals surface area contributed by atoms with Crippen LogP contribution in [0.5, 0.6) is 0 Å². The van der Waals surface area contributed by atoms with Crippen LogP contribution < -0.4 is 5.32 Å². The quantitative estimate of drug-likeness (QED) is 0.680. The lowest BCUT2D eigenvalue weighted by atomic mass is 10.1. The largest absolute Gasteiger partial charge is 0.352 e. The van der Waals surface area contributed by atoms with Crippen LogP contribution in [0.15, 0.2) is 54.6 Å². The molecule has 1 saturated carbocycles. The fraction of sp³-hybridized carbons (Fsp3) is 0.417. The molecule has 1 aliphatic rings. The van der Waals surface area contributed by atoms with Crippen molar-refractivity contribution in [1.82, 2.24) is 10.2 Å². The number of carbonyl (C=O) groups is 2. The van der Waals surface area contributed by atoms with Gasteiger partial charge in [-0.2, -0.15) is 0 Å². The van der Waals surface area contributed by atoms with Gasteiger partial charge in [0.2, 0.25) is 11.8 Å². The lowest BCUT2D eigenvalue weighted by Gasteiger charge is -2.31. The molecule has 154 valence electrons. The highest BCUT2D eigenvalue weighted by Gasteiger charge is 2.30. The first-order chi connectivity index (χ1) is 14.1. The number of carbonyl (C=O) groups excluding carboxylic acids is 2. The lowest BCUT2D eigenvalue weighted by molar-refractivity contribution is -0.141. The zero-order valence-electron chi connectivity index (χ0n) is 16.9. The van der Waals surface area contributed by atoms with E-state index in [1.807, 2.05) is 61.5 Å². The van der Waals surface area contributed by atoms with E-state index in [0.717, 1.165) is 36.8 Å². The van der Waals surface area contributed by atoms with E-state index >= 15 is 0 Å². The van der Waals surface area contributed by atoms with E-state index in [-0.39, 0.29) is 24.3 Å². The molecule has 1 aliphatic carbocycles. The summed E-state index contributed by atoms with van der Waals surface area (Å²) in [7, 11) is 0. The summed E-state index contributed by atoms with van der Waals surface area (Å²) in [6.07, 6.45) is 5.22. The fourth-order valence-electron chi connectivity index (χ4n) is 3.95. The minimum atomic E-state index is -0.484. The number of nitrogens with one attached hydrogen (secondary N) is 1. The van der Waals surface area contributed by atoms with Crippen molar-refractivity contribution >= 4 is 23.4 Å². The molecule has 0 aromatic heterocycles. The molecule has 2 aromatic rings. The van der Waals surface area contributed by atoms with E-state index in [4.69, 9.17) is 11.6 Å². The summed E-state index contributed by atoms with van der Waals surface area (Å²) in [4.78, 5) is 28.0. The molecule has 0 heterocycles. The van der Waals surface area contributed by atoms with E-state index in [1.165, 1.54) is 0 Å². The molecule has 1 N–H and O–H groups in total. The molecule has 0 radical (unpaired) electrons. The third-order valence-corrected chi connectivity index (χ3v) is 5.80. The van der Waals surface area contributed by atoms with E-state index in [2.05, 4.69) is 5.32 Å². The molecule has 1 fully saturated rings. The second-order valence-corrected chi connectivity index (χ2v) is 8.16. The monoisotopic (exact) mass is 412 g/mol. The van der Waals surface area contributed by atoms with E-state index in [9.17, 15) is 9.59 Å². The Morgan fingerprint density at radius 1 is 1.03 bits per heavy atom. The highest BCUT2D eigenvalue weighted by molar-refractivity contribution is 6.30. The van der Waals surface area contributed by atoms with Crippen LogP contribution in [0.25, 0.3) is 0 Å². The number of amides is 2. The minimum absolute atomic E-state index is 0.0421. The van der Waals surface area contributed by atoms with Crippen molar-refractivity contribution in [3.8, 4) is 0 Å². The summed E-state index contributed by atoms with van der Waals surface area (Å²) >= 11 is 6.01. The van der Waals surface area contributed by atoms with Gasteiger partial charge in [-0.25, -0.2) is 0 Å². The average molecular weight is 413 g/mol. The van der Waals surface area contributed by atoms with E-state index in [1.54, 1.807) is 4.90 Å². The standard InChI is InChI=1S/C24H29ClN2O2/c1-2-22(24(29)26-21-10-6-7-11-21)27(17-19-12-14-20(25)15-13-19)23(28)16-18-8-4-3-5-9-18/h3-5,8-9,12-15,21-22H,2,6-7,10-11,16-17H2,1H3,(H,26,29)/t22-/m1/s1. The molecule has 0 bridgehead atoms. The summed E-state index contributed by atoms with van der Waals surface area (Å²) in [5.74, 6) is -0.0886. The van der Waals surface area contributed by atoms with Crippen molar-refractivity contribution in [3.05, 3.63) is 70.7 Å². The summed E-state index contributed by atoms with van der Waals surface area (Å²) in [6.45, 7) is 2.35. The molecule has 0 spiro atoms. The van der Waals surface area contributed by atoms with E-state index in [0.29, 0.717) is 18.0 Å². The van der Waals surface area contributed by atoms with Gasteiger partial charge in [-0.3, -0.25) is 9.59 Å². The van der Waals surface area contributed by atoms with Crippen LogP contribution >= 0.6 is 11.6 Å². The van der Waals surface area contributed by atoms with Crippen LogP contribution in [0.1, 0.15) is 50.2 Å². The first-order valence-corrected chi connectivity index (χ1v) is 10.8. The van der Waals surface area contributed by atoms with Crippen LogP contribution in [0, 0.1) is 0 Å². The van der Waals surface area contributed by atoms with Crippen molar-refractivity contribution < 1.29 is 9.59 Å². The lowest BCUT2D eigenvalue weighted by Crippen LogP contribution is -2.51. The van der Waals surface area contributed by atoms with Gasteiger partial charge in [0, 0.05) is 17.6 Å². The molecule has 0 unspecified atom stereocenters. The van der Waals surface area contributed by atoms with E-state index < -0.39 is 6.04 Å². The highest BCUT2D eigenvalue weighted by atomic mass is 35.5. The molecule has 0 saturated heterocycles. The second kappa shape index (κ2) is 10.4. The summed E-state index contributed by atoms with van der Waals surface area (Å²) in [5, 5.41) is 3.82. The van der Waals surface area contributed by atoms with Crippen molar-refractivity contribution in [2.75, 3.05) is 0 Å². The Morgan fingerprint density at radius 3 is 2.31 bits per heavy atom. The Bertz CT molecular complexity index is 801. The van der Waals surface area contributed by atoms with Crippen LogP contribution in [0.2, 0.25) is 5.02 Å². The predicted octanol–water partition coefficient (Wildman–Crippen LogP) is 4.75. The number of nitrogens with zero attached hydrogens (tertiary/aromatic N) is 1. The molecular weight excluding hydrogens is 384 g/mol. The summed E-state index contributed by atoms with van der Waals surface area (Å²) in [6, 6.07) is 16.9. The molecule has 2 aromatic carbocycles. The van der Waals surface area contributed by atoms with Gasteiger partial charge in [-0.05, 0) is 42.5 Å². The smallest absolute Gasteiger partial charge is 0.243 e. The van der Waals surface area contributed by atoms with Gasteiger partial charge in [-0.15, -0.1) is 0 Å². The molecule has 4 nitrogen and oxygen atoms in total. The third kappa shape index (κ3) is 6.07. The SMILES string of the molecule is CC[C@H](C(=O)NC1CCCC1)N(Cc1ccc(Cl)cc1)C(=O)Cc1ccccc1. The van der Waals surface area contributed by atoms with Gasteiger partial charge in [0.15, 0.2) is 0 Å². The number of benzene rings is 2. The fourth-order valence-corrected chi connectivity index (χ4v) is 4.07. The van der Waals surface area contributed by atoms with Gasteiger partial charge >= 0.3 is 0 Å². The Balaban J connectivity index is 1.79. The Kier molecular flexibility index (Phi) is 7.70. The Labute approximate surface area is 178 Å². The molecule has 2 amide bonds. The Morgan fingerprint density at radius 2 is 1.69 bits per heavy atom. The maximum atomic E-state index is 13.2. The summed E-state index contributed by atoms with van der Waals surface area (Å²) in [5.41, 5.74) is 1.91. The van der Waals surface area contributed by atoms with Crippen molar-refractivity contribution in [3.63, 3.8) is 0 Å². The first-order valence-electron chi connectivity index (χ1n) is 10.4. The molecule has 29 heavy (non-hydrogen) atoms. The number of hydrogen-bond donors (Lipinski definition) is 1. The zero-order chi connectivity index (χ0) is 20.6. The van der Waals surface area contributed by atoms with Gasteiger partial charge in [0.25, 0.3) is 0 Å². The molecule has 5 heteroatoms. The van der Waals surface area contributed by atoms with Crippen LogP contribution in [-0.2, 0) is 22.6 Å². The normalized spacial score (nSPS) is 15.1. The van der Waals surface area contributed by atoms with Crippen LogP contribution in [0.4, 0.5) is 0 Å². The molecule has 3 rings (SSSR count). The van der Waals surface area contributed by atoms with Crippen LogP contribution in [-0.4, -0.2) is 28.8 Å². The topological polar surface area (TPSA) is 49.4 Å². The minimum Gasteiger partial charge on any atom is -0.352 e. The van der Waals surface area contributed by atoms with Gasteiger partial charge in [-0.1, -0.05) is 73.8 Å². The average Bonchev–Trinajstić information content (AvgIpc) is 3.23. The molecular formula is C24H29ClN2O2. The van der Waals surface area contributed by atoms with Crippen LogP contribution in [0.3, 0.4) is 0 Å². The number of halogens is 1. The van der Waals surface area contributed by atoms with Gasteiger partial charge < -0.3 is 10.2 Å².